The number of aromatic nitrogens is 4. The Morgan fingerprint density at radius 3 is 2.57 bits per heavy atom. The van der Waals surface area contributed by atoms with E-state index in [9.17, 15) is 5.11 Å². The van der Waals surface area contributed by atoms with Crippen molar-refractivity contribution in [2.75, 3.05) is 18.0 Å². The number of aliphatic hydroxyl groups excluding tert-OH is 1. The topological polar surface area (TPSA) is 79.5 Å². The second-order valence-electron chi connectivity index (χ2n) is 8.15. The summed E-state index contributed by atoms with van der Waals surface area (Å²) in [5.74, 6) is 1.36. The van der Waals surface area contributed by atoms with Crippen molar-refractivity contribution in [2.24, 2.45) is 0 Å². The fourth-order valence-corrected chi connectivity index (χ4v) is 4.44. The maximum Gasteiger partial charge on any atom is 0.230 e. The van der Waals surface area contributed by atoms with Crippen molar-refractivity contribution in [2.45, 2.75) is 45.5 Å². The third kappa shape index (κ3) is 3.58. The molecule has 2 aromatic heterocycles. The monoisotopic (exact) mass is 406 g/mol. The number of nitrogens with zero attached hydrogens (tertiary/aromatic N) is 6. The van der Waals surface area contributed by atoms with Crippen LogP contribution in [0.1, 0.15) is 31.3 Å². The summed E-state index contributed by atoms with van der Waals surface area (Å²) in [4.78, 5) is 13.4. The summed E-state index contributed by atoms with van der Waals surface area (Å²) in [6.45, 7) is 7.35. The van der Waals surface area contributed by atoms with Gasteiger partial charge in [0.25, 0.3) is 0 Å². The summed E-state index contributed by atoms with van der Waals surface area (Å²) in [5.41, 5.74) is 3.09. The van der Waals surface area contributed by atoms with E-state index in [1.54, 1.807) is 4.68 Å². The number of pyridine rings is 1. The molecule has 30 heavy (non-hydrogen) atoms. The standard InChI is InChI=1S/C22H26N6O2/c1-15-10-26(11-16(2)30-15)12-18-8-19-20(23-9-18)27(13-17-6-4-3-5-7-17)22(29)28-21(19)24-14-25-28/h3-9,14-16,22,29H,10-13H2,1-2H3/t15-,16+,22?. The van der Waals surface area contributed by atoms with Gasteiger partial charge in [-0.05, 0) is 31.0 Å². The second-order valence-corrected chi connectivity index (χ2v) is 8.15. The highest BCUT2D eigenvalue weighted by molar-refractivity contribution is 5.74. The maximum atomic E-state index is 10.9. The van der Waals surface area contributed by atoms with Crippen LogP contribution in [-0.4, -0.2) is 55.1 Å². The predicted octanol–water partition coefficient (Wildman–Crippen LogP) is 2.42. The SMILES string of the molecule is C[C@@H]1CN(Cc2cnc3c(c2)-c2ncnn2C(O)N3Cc2ccccc2)C[C@H](C)O1. The first-order valence-corrected chi connectivity index (χ1v) is 10.3. The van der Waals surface area contributed by atoms with Gasteiger partial charge in [0.05, 0.1) is 17.8 Å². The summed E-state index contributed by atoms with van der Waals surface area (Å²) >= 11 is 0. The van der Waals surface area contributed by atoms with Gasteiger partial charge in [-0.25, -0.2) is 9.97 Å². The van der Waals surface area contributed by atoms with Gasteiger partial charge >= 0.3 is 0 Å². The smallest absolute Gasteiger partial charge is 0.230 e. The van der Waals surface area contributed by atoms with Crippen molar-refractivity contribution >= 4 is 5.82 Å². The lowest BCUT2D eigenvalue weighted by atomic mass is 10.1. The molecular weight excluding hydrogens is 380 g/mol. The Bertz CT molecular complexity index is 1010. The fourth-order valence-electron chi connectivity index (χ4n) is 4.44. The van der Waals surface area contributed by atoms with Gasteiger partial charge in [-0.1, -0.05) is 30.3 Å². The van der Waals surface area contributed by atoms with Crippen molar-refractivity contribution in [3.63, 3.8) is 0 Å². The molecule has 0 spiro atoms. The van der Waals surface area contributed by atoms with E-state index >= 15 is 0 Å². The molecule has 1 aromatic carbocycles. The molecule has 8 nitrogen and oxygen atoms in total. The van der Waals surface area contributed by atoms with Crippen LogP contribution < -0.4 is 4.90 Å². The molecule has 1 saturated heterocycles. The van der Waals surface area contributed by atoms with Crippen LogP contribution in [-0.2, 0) is 17.8 Å². The van der Waals surface area contributed by atoms with Crippen molar-refractivity contribution in [1.82, 2.24) is 24.6 Å². The predicted molar refractivity (Wildman–Crippen MR) is 112 cm³/mol. The average molecular weight is 406 g/mol. The lowest BCUT2D eigenvalue weighted by molar-refractivity contribution is -0.0705. The van der Waals surface area contributed by atoms with E-state index in [0.717, 1.165) is 42.1 Å². The number of fused-ring (bicyclic) bond motifs is 3. The molecule has 0 bridgehead atoms. The summed E-state index contributed by atoms with van der Waals surface area (Å²) in [5, 5.41) is 15.2. The third-order valence-corrected chi connectivity index (χ3v) is 5.60. The molecule has 0 radical (unpaired) electrons. The van der Waals surface area contributed by atoms with Gasteiger partial charge in [-0.2, -0.15) is 9.78 Å². The van der Waals surface area contributed by atoms with E-state index < -0.39 is 6.35 Å². The van der Waals surface area contributed by atoms with Crippen molar-refractivity contribution in [1.29, 1.82) is 0 Å². The molecule has 4 heterocycles. The number of rotatable bonds is 4. The Labute approximate surface area is 175 Å². The first kappa shape index (κ1) is 19.2. The number of ether oxygens (including phenoxy) is 1. The average Bonchev–Trinajstić information content (AvgIpc) is 3.22. The Morgan fingerprint density at radius 2 is 1.80 bits per heavy atom. The second kappa shape index (κ2) is 7.79. The number of hydrogen-bond donors (Lipinski definition) is 1. The number of hydrogen-bond acceptors (Lipinski definition) is 7. The Morgan fingerprint density at radius 1 is 1.03 bits per heavy atom. The molecule has 2 aliphatic rings. The highest BCUT2D eigenvalue weighted by atomic mass is 16.5. The Balaban J connectivity index is 1.47. The van der Waals surface area contributed by atoms with Crippen LogP contribution in [0.4, 0.5) is 5.82 Å². The van der Waals surface area contributed by atoms with Crippen molar-refractivity contribution < 1.29 is 9.84 Å². The Hall–Kier alpha value is -2.81. The van der Waals surface area contributed by atoms with E-state index in [-0.39, 0.29) is 12.2 Å². The minimum Gasteiger partial charge on any atom is -0.373 e. The summed E-state index contributed by atoms with van der Waals surface area (Å²) in [7, 11) is 0. The molecule has 0 aliphatic carbocycles. The van der Waals surface area contributed by atoms with Crippen molar-refractivity contribution in [3.8, 4) is 11.4 Å². The van der Waals surface area contributed by atoms with E-state index in [1.165, 1.54) is 6.33 Å². The normalized spacial score (nSPS) is 23.8. The molecule has 2 aliphatic heterocycles. The van der Waals surface area contributed by atoms with E-state index in [0.29, 0.717) is 12.4 Å². The molecule has 0 amide bonds. The number of aliphatic hydroxyl groups is 1. The molecule has 0 saturated carbocycles. The minimum absolute atomic E-state index is 0.221. The van der Waals surface area contributed by atoms with Gasteiger partial charge in [-0.15, -0.1) is 0 Å². The first-order valence-electron chi connectivity index (χ1n) is 10.3. The van der Waals surface area contributed by atoms with Crippen LogP contribution in [0.15, 0.2) is 48.9 Å². The van der Waals surface area contributed by atoms with Gasteiger partial charge in [-0.3, -0.25) is 4.90 Å². The molecule has 3 aromatic rings. The number of benzene rings is 1. The van der Waals surface area contributed by atoms with Gasteiger partial charge < -0.3 is 14.7 Å². The third-order valence-electron chi connectivity index (χ3n) is 5.60. The van der Waals surface area contributed by atoms with Gasteiger partial charge in [0.1, 0.15) is 12.1 Å². The molecule has 156 valence electrons. The molecule has 3 atom stereocenters. The van der Waals surface area contributed by atoms with Crippen LogP contribution in [0.5, 0.6) is 0 Å². The molecule has 5 rings (SSSR count). The van der Waals surface area contributed by atoms with Crippen molar-refractivity contribution in [3.05, 3.63) is 60.0 Å². The lowest BCUT2D eigenvalue weighted by Crippen LogP contribution is -2.44. The first-order chi connectivity index (χ1) is 14.6. The number of morpholine rings is 1. The quantitative estimate of drug-likeness (QED) is 0.713. The highest BCUT2D eigenvalue weighted by Gasteiger charge is 2.33. The Kier molecular flexibility index (Phi) is 4.98. The number of anilines is 1. The minimum atomic E-state index is -0.950. The summed E-state index contributed by atoms with van der Waals surface area (Å²) in [6.07, 6.45) is 2.87. The van der Waals surface area contributed by atoms with E-state index in [2.05, 4.69) is 34.9 Å². The molecule has 8 heteroatoms. The van der Waals surface area contributed by atoms with Crippen LogP contribution in [0.2, 0.25) is 0 Å². The fraction of sp³-hybridized carbons (Fsp3) is 0.409. The largest absolute Gasteiger partial charge is 0.373 e. The van der Waals surface area contributed by atoms with Crippen LogP contribution >= 0.6 is 0 Å². The summed E-state index contributed by atoms with van der Waals surface area (Å²) in [6, 6.07) is 12.2. The zero-order valence-corrected chi connectivity index (χ0v) is 17.2. The molecule has 1 unspecified atom stereocenters. The zero-order valence-electron chi connectivity index (χ0n) is 17.2. The molecule has 1 fully saturated rings. The molecule has 1 N–H and O–H groups in total. The zero-order chi connectivity index (χ0) is 20.7. The van der Waals surface area contributed by atoms with Crippen LogP contribution in [0.3, 0.4) is 0 Å². The van der Waals surface area contributed by atoms with Gasteiger partial charge in [0.15, 0.2) is 5.82 Å². The van der Waals surface area contributed by atoms with Gasteiger partial charge in [0, 0.05) is 32.4 Å². The maximum absolute atomic E-state index is 10.9. The van der Waals surface area contributed by atoms with E-state index in [4.69, 9.17) is 9.72 Å². The summed E-state index contributed by atoms with van der Waals surface area (Å²) < 4.78 is 7.40. The van der Waals surface area contributed by atoms with Gasteiger partial charge in [0.2, 0.25) is 6.35 Å². The molecular formula is C22H26N6O2. The van der Waals surface area contributed by atoms with Crippen LogP contribution in [0, 0.1) is 0 Å². The highest BCUT2D eigenvalue weighted by Crippen LogP contribution is 2.38. The van der Waals surface area contributed by atoms with E-state index in [1.807, 2.05) is 41.4 Å². The van der Waals surface area contributed by atoms with Crippen LogP contribution in [0.25, 0.3) is 11.4 Å². The lowest BCUT2D eigenvalue weighted by Gasteiger charge is -2.36.